The Morgan fingerprint density at radius 3 is 1.75 bits per heavy atom. The zero-order valence-electron chi connectivity index (χ0n) is 33.2. The molecular formula is C46H59NO6. The minimum absolute atomic E-state index is 0.0281. The number of hydrogen-bond donors (Lipinski definition) is 2. The van der Waals surface area contributed by atoms with Crippen LogP contribution in [-0.2, 0) is 27.6 Å². The van der Waals surface area contributed by atoms with Crippen LogP contribution >= 0.6 is 0 Å². The summed E-state index contributed by atoms with van der Waals surface area (Å²) >= 11 is 0. The maximum Gasteiger partial charge on any atom is 0.341 e. The maximum absolute atomic E-state index is 14.0. The Kier molecular flexibility index (Phi) is 13.9. The molecule has 0 bridgehead atoms. The number of unbranched alkanes of at least 4 members (excludes halogenated alkanes) is 2. The Labute approximate surface area is 317 Å². The van der Waals surface area contributed by atoms with Gasteiger partial charge in [0, 0.05) is 22.9 Å². The Morgan fingerprint density at radius 2 is 1.28 bits per heavy atom. The van der Waals surface area contributed by atoms with Crippen LogP contribution < -0.4 is 9.47 Å². The Bertz CT molecular complexity index is 1760. The molecule has 2 N–H and O–H groups in total. The van der Waals surface area contributed by atoms with Crippen molar-refractivity contribution in [2.45, 2.75) is 110 Å². The van der Waals surface area contributed by atoms with Crippen molar-refractivity contribution in [1.29, 1.82) is 0 Å². The van der Waals surface area contributed by atoms with Crippen LogP contribution in [0.5, 0.6) is 17.2 Å². The van der Waals surface area contributed by atoms with Gasteiger partial charge in [-0.25, -0.2) is 4.79 Å². The first-order valence-corrected chi connectivity index (χ1v) is 18.9. The molecular weight excluding hydrogens is 663 g/mol. The van der Waals surface area contributed by atoms with Crippen LogP contribution in [0.15, 0.2) is 89.9 Å². The van der Waals surface area contributed by atoms with Crippen LogP contribution in [0.1, 0.15) is 125 Å². The normalized spacial score (nSPS) is 12.9. The highest BCUT2D eigenvalue weighted by atomic mass is 16.5. The zero-order valence-corrected chi connectivity index (χ0v) is 33.2. The number of nitrogens with zero attached hydrogens (tertiary/aromatic N) is 1. The molecule has 7 heteroatoms. The summed E-state index contributed by atoms with van der Waals surface area (Å²) in [6.45, 7) is 18.1. The smallest absolute Gasteiger partial charge is 0.341 e. The number of methoxy groups -OCH3 is 1. The molecule has 1 atom stereocenters. The number of aliphatic imine (C=N–C) groups is 1. The van der Waals surface area contributed by atoms with Crippen molar-refractivity contribution >= 4 is 12.2 Å². The van der Waals surface area contributed by atoms with E-state index in [2.05, 4.69) is 79.7 Å². The van der Waals surface area contributed by atoms with Gasteiger partial charge in [-0.3, -0.25) is 4.99 Å². The molecule has 4 aromatic carbocycles. The first-order valence-electron chi connectivity index (χ1n) is 18.9. The minimum atomic E-state index is -1.81. The molecule has 0 unspecified atom stereocenters. The maximum atomic E-state index is 14.0. The molecule has 0 spiro atoms. The van der Waals surface area contributed by atoms with Gasteiger partial charge in [-0.2, -0.15) is 0 Å². The summed E-state index contributed by atoms with van der Waals surface area (Å²) in [4.78, 5) is 17.7. The standard InChI is InChI=1S/C46H59NO6/c1-10-12-26-52-39-24-22-34(44(3,4)5)29-37(39)46(50,38-30-35(45(6,7)8)23-25-40(38)53-27-13-11-2)41(28-32-18-15-14-16-19-32)47-31-33-20-17-21-36(42(33)48)43(49)51-9/h14-25,29-31,41,48,50H,10-13,26-28H2,1-9H3/t41-/m1/s1. The lowest BCUT2D eigenvalue weighted by atomic mass is 9.73. The van der Waals surface area contributed by atoms with Gasteiger partial charge in [0.2, 0.25) is 0 Å². The monoisotopic (exact) mass is 721 g/mol. The number of aliphatic hydroxyl groups is 1. The van der Waals surface area contributed by atoms with Crippen LogP contribution in [0, 0.1) is 0 Å². The predicted octanol–water partition coefficient (Wildman–Crippen LogP) is 10.1. The van der Waals surface area contributed by atoms with Crippen LogP contribution in [-0.4, -0.2) is 48.8 Å². The molecule has 0 fully saturated rings. The molecule has 0 amide bonds. The lowest BCUT2D eigenvalue weighted by molar-refractivity contribution is 0.0460. The third-order valence-electron chi connectivity index (χ3n) is 9.64. The first-order chi connectivity index (χ1) is 25.1. The summed E-state index contributed by atoms with van der Waals surface area (Å²) in [6.07, 6.45) is 5.48. The van der Waals surface area contributed by atoms with Gasteiger partial charge in [-0.1, -0.05) is 117 Å². The first kappa shape index (κ1) is 41.1. The summed E-state index contributed by atoms with van der Waals surface area (Å²) in [5.74, 6) is 0.231. The summed E-state index contributed by atoms with van der Waals surface area (Å²) < 4.78 is 18.0. The van der Waals surface area contributed by atoms with Gasteiger partial charge >= 0.3 is 5.97 Å². The van der Waals surface area contributed by atoms with E-state index in [4.69, 9.17) is 19.2 Å². The van der Waals surface area contributed by atoms with Crippen LogP contribution in [0.4, 0.5) is 0 Å². The number of carbonyl (C=O) groups is 1. The SMILES string of the molecule is CCCCOc1ccc(C(C)(C)C)cc1C(O)(c1cc(C(C)(C)C)ccc1OCCCC)[C@@H](Cc1ccccc1)N=Cc1cccc(C(=O)OC)c1O. The van der Waals surface area contributed by atoms with Crippen molar-refractivity contribution in [3.63, 3.8) is 0 Å². The van der Waals surface area contributed by atoms with Gasteiger partial charge in [-0.05, 0) is 83.2 Å². The topological polar surface area (TPSA) is 97.6 Å². The fourth-order valence-electron chi connectivity index (χ4n) is 6.25. The molecule has 0 aromatic heterocycles. The van der Waals surface area contributed by atoms with Crippen LogP contribution in [0.2, 0.25) is 0 Å². The molecule has 0 aliphatic carbocycles. The number of para-hydroxylation sites is 1. The molecule has 0 aliphatic rings. The van der Waals surface area contributed by atoms with E-state index < -0.39 is 17.6 Å². The van der Waals surface area contributed by atoms with Crippen molar-refractivity contribution in [2.24, 2.45) is 4.99 Å². The van der Waals surface area contributed by atoms with E-state index in [0.29, 0.717) is 47.8 Å². The van der Waals surface area contributed by atoms with E-state index in [9.17, 15) is 15.0 Å². The molecule has 53 heavy (non-hydrogen) atoms. The molecule has 4 rings (SSSR count). The Hall–Kier alpha value is -4.62. The Balaban J connectivity index is 2.14. The van der Waals surface area contributed by atoms with Crippen molar-refractivity contribution in [3.8, 4) is 17.2 Å². The number of phenolic OH excluding ortho intramolecular Hbond substituents is 1. The number of ether oxygens (including phenoxy) is 3. The van der Waals surface area contributed by atoms with Crippen molar-refractivity contribution in [1.82, 2.24) is 0 Å². The van der Waals surface area contributed by atoms with Crippen molar-refractivity contribution < 1.29 is 29.2 Å². The minimum Gasteiger partial charge on any atom is -0.506 e. The van der Waals surface area contributed by atoms with Gasteiger partial charge in [0.1, 0.15) is 28.4 Å². The lowest BCUT2D eigenvalue weighted by Crippen LogP contribution is -2.42. The second-order valence-electron chi connectivity index (χ2n) is 15.8. The van der Waals surface area contributed by atoms with Crippen molar-refractivity contribution in [3.05, 3.63) is 124 Å². The van der Waals surface area contributed by atoms with E-state index in [-0.39, 0.29) is 22.1 Å². The van der Waals surface area contributed by atoms with E-state index >= 15 is 0 Å². The highest BCUT2D eigenvalue weighted by molar-refractivity contribution is 5.96. The van der Waals surface area contributed by atoms with Gasteiger partial charge < -0.3 is 24.4 Å². The number of esters is 1. The molecule has 0 saturated carbocycles. The second-order valence-corrected chi connectivity index (χ2v) is 15.8. The quantitative estimate of drug-likeness (QED) is 0.0679. The number of hydrogen-bond acceptors (Lipinski definition) is 7. The summed E-state index contributed by atoms with van der Waals surface area (Å²) in [5.41, 5.74) is 2.22. The van der Waals surface area contributed by atoms with Gasteiger partial charge in [0.05, 0.1) is 26.4 Å². The zero-order chi connectivity index (χ0) is 38.8. The number of benzene rings is 4. The highest BCUT2D eigenvalue weighted by Crippen LogP contribution is 2.47. The number of carbonyl (C=O) groups excluding carboxylic acids is 1. The highest BCUT2D eigenvalue weighted by Gasteiger charge is 2.46. The van der Waals surface area contributed by atoms with Gasteiger partial charge in [0.15, 0.2) is 0 Å². The lowest BCUT2D eigenvalue weighted by Gasteiger charge is -2.39. The van der Waals surface area contributed by atoms with Crippen molar-refractivity contribution in [2.75, 3.05) is 20.3 Å². The predicted molar refractivity (Wildman–Crippen MR) is 215 cm³/mol. The third-order valence-corrected chi connectivity index (χ3v) is 9.64. The Morgan fingerprint density at radius 1 is 0.755 bits per heavy atom. The average molecular weight is 722 g/mol. The van der Waals surface area contributed by atoms with Crippen LogP contribution in [0.25, 0.3) is 0 Å². The molecule has 7 nitrogen and oxygen atoms in total. The number of aromatic hydroxyl groups is 1. The summed E-state index contributed by atoms with van der Waals surface area (Å²) in [6, 6.07) is 26.1. The fraction of sp³-hybridized carbons (Fsp3) is 0.435. The molecule has 0 heterocycles. The largest absolute Gasteiger partial charge is 0.506 e. The van der Waals surface area contributed by atoms with E-state index in [0.717, 1.165) is 42.4 Å². The van der Waals surface area contributed by atoms with E-state index in [1.54, 1.807) is 12.1 Å². The number of phenols is 1. The average Bonchev–Trinajstić information content (AvgIpc) is 3.13. The van der Waals surface area contributed by atoms with E-state index in [1.165, 1.54) is 19.4 Å². The van der Waals surface area contributed by atoms with Gasteiger partial charge in [0.25, 0.3) is 0 Å². The molecule has 0 aliphatic heterocycles. The third kappa shape index (κ3) is 10.1. The van der Waals surface area contributed by atoms with Gasteiger partial charge in [-0.15, -0.1) is 0 Å². The van der Waals surface area contributed by atoms with Crippen LogP contribution in [0.3, 0.4) is 0 Å². The molecule has 0 saturated heterocycles. The second kappa shape index (κ2) is 17.9. The molecule has 284 valence electrons. The summed E-state index contributed by atoms with van der Waals surface area (Å²) in [7, 11) is 1.27. The molecule has 0 radical (unpaired) electrons. The molecule has 4 aromatic rings. The number of rotatable bonds is 16. The fourth-order valence-corrected chi connectivity index (χ4v) is 6.25. The summed E-state index contributed by atoms with van der Waals surface area (Å²) in [5, 5.41) is 25.3. The van der Waals surface area contributed by atoms with E-state index in [1.807, 2.05) is 42.5 Å².